The van der Waals surface area contributed by atoms with E-state index in [1.165, 1.54) is 6.33 Å². The minimum Gasteiger partial charge on any atom is -0.456 e. The van der Waals surface area contributed by atoms with E-state index in [4.69, 9.17) is 25.8 Å². The molecule has 2 saturated heterocycles. The molecule has 128 valence electrons. The van der Waals surface area contributed by atoms with Crippen LogP contribution in [-0.4, -0.2) is 56.4 Å². The Kier molecular flexibility index (Phi) is 3.54. The van der Waals surface area contributed by atoms with Crippen LogP contribution < -0.4 is 4.74 Å². The normalized spacial score (nSPS) is 25.4. The number of imidazole rings is 1. The molecule has 0 radical (unpaired) electrons. The first-order chi connectivity index (χ1) is 12.3. The summed E-state index contributed by atoms with van der Waals surface area (Å²) in [6.45, 7) is 1.20. The highest BCUT2D eigenvalue weighted by Crippen LogP contribution is 2.31. The Bertz CT molecular complexity index is 919. The molecule has 2 aliphatic heterocycles. The second-order valence-electron chi connectivity index (χ2n) is 6.01. The van der Waals surface area contributed by atoms with Crippen LogP contribution in [0.1, 0.15) is 6.42 Å². The van der Waals surface area contributed by atoms with E-state index in [2.05, 4.69) is 24.9 Å². The molecule has 3 aromatic rings. The van der Waals surface area contributed by atoms with Gasteiger partial charge in [-0.05, 0) is 12.5 Å². The molecule has 0 saturated carbocycles. The van der Waals surface area contributed by atoms with Crippen LogP contribution in [0.5, 0.6) is 6.01 Å². The topological polar surface area (TPSA) is 95.0 Å². The van der Waals surface area contributed by atoms with Crippen molar-refractivity contribution in [2.75, 3.05) is 13.2 Å². The number of ether oxygens (including phenoxy) is 3. The zero-order chi connectivity index (χ0) is 16.8. The molecular formula is C16H14ClN5O3. The maximum atomic E-state index is 6.34. The van der Waals surface area contributed by atoms with Gasteiger partial charge in [-0.1, -0.05) is 11.6 Å². The zero-order valence-electron chi connectivity index (χ0n) is 13.1. The molecule has 2 fully saturated rings. The summed E-state index contributed by atoms with van der Waals surface area (Å²) in [6.07, 6.45) is 5.58. The third-order valence-corrected chi connectivity index (χ3v) is 4.71. The molecule has 2 aliphatic rings. The first-order valence-electron chi connectivity index (χ1n) is 7.99. The number of nitrogens with zero attached hydrogens (tertiary/aromatic N) is 4. The molecule has 0 aromatic carbocycles. The first-order valence-corrected chi connectivity index (χ1v) is 8.37. The Morgan fingerprint density at radius 3 is 2.96 bits per heavy atom. The standard InChI is InChI=1S/C16H14ClN5O3/c17-9-3-10-15(21-13(9)8-4-18-7-19-5-8)22-16(20-10)25-12-6-24-11-1-2-23-14(11)12/h3-5,7,11-12,14H,1-2,6H2,(H,20,21,22). The van der Waals surface area contributed by atoms with Gasteiger partial charge in [0.2, 0.25) is 0 Å². The van der Waals surface area contributed by atoms with Gasteiger partial charge in [0.15, 0.2) is 11.8 Å². The van der Waals surface area contributed by atoms with Crippen LogP contribution >= 0.6 is 11.6 Å². The maximum absolute atomic E-state index is 6.34. The lowest BCUT2D eigenvalue weighted by Gasteiger charge is -2.15. The predicted molar refractivity (Wildman–Crippen MR) is 88.4 cm³/mol. The molecule has 3 aromatic heterocycles. The minimum atomic E-state index is -0.175. The molecule has 3 unspecified atom stereocenters. The van der Waals surface area contributed by atoms with Gasteiger partial charge in [0.05, 0.1) is 28.9 Å². The van der Waals surface area contributed by atoms with Crippen molar-refractivity contribution in [2.45, 2.75) is 24.7 Å². The van der Waals surface area contributed by atoms with Crippen molar-refractivity contribution in [1.29, 1.82) is 0 Å². The Hall–Kier alpha value is -2.29. The molecule has 25 heavy (non-hydrogen) atoms. The Labute approximate surface area is 147 Å². The second kappa shape index (κ2) is 5.91. The number of halogens is 1. The van der Waals surface area contributed by atoms with Gasteiger partial charge in [0.25, 0.3) is 6.01 Å². The van der Waals surface area contributed by atoms with Gasteiger partial charge in [-0.15, -0.1) is 0 Å². The summed E-state index contributed by atoms with van der Waals surface area (Å²) in [7, 11) is 0. The number of pyridine rings is 1. The largest absolute Gasteiger partial charge is 0.456 e. The average Bonchev–Trinajstić information content (AvgIpc) is 3.32. The highest BCUT2D eigenvalue weighted by molar-refractivity contribution is 6.33. The summed E-state index contributed by atoms with van der Waals surface area (Å²) in [5.41, 5.74) is 2.52. The van der Waals surface area contributed by atoms with Crippen molar-refractivity contribution in [1.82, 2.24) is 24.9 Å². The first kappa shape index (κ1) is 15.0. The van der Waals surface area contributed by atoms with Gasteiger partial charge in [-0.3, -0.25) is 0 Å². The number of hydrogen-bond donors (Lipinski definition) is 1. The van der Waals surface area contributed by atoms with Crippen LogP contribution in [0, 0.1) is 0 Å². The van der Waals surface area contributed by atoms with Crippen molar-refractivity contribution in [2.24, 2.45) is 0 Å². The predicted octanol–water partition coefficient (Wildman–Crippen LogP) is 2.00. The van der Waals surface area contributed by atoms with Gasteiger partial charge in [-0.25, -0.2) is 15.0 Å². The second-order valence-corrected chi connectivity index (χ2v) is 6.42. The Morgan fingerprint density at radius 1 is 1.20 bits per heavy atom. The fourth-order valence-corrected chi connectivity index (χ4v) is 3.51. The van der Waals surface area contributed by atoms with Gasteiger partial charge < -0.3 is 19.2 Å². The summed E-state index contributed by atoms with van der Waals surface area (Å²) < 4.78 is 17.3. The van der Waals surface area contributed by atoms with Gasteiger partial charge in [0.1, 0.15) is 12.4 Å². The zero-order valence-corrected chi connectivity index (χ0v) is 13.8. The summed E-state index contributed by atoms with van der Waals surface area (Å²) in [6, 6.07) is 2.15. The average molecular weight is 360 g/mol. The van der Waals surface area contributed by atoms with Gasteiger partial charge >= 0.3 is 0 Å². The molecule has 3 atom stereocenters. The van der Waals surface area contributed by atoms with E-state index in [0.717, 1.165) is 12.0 Å². The molecular weight excluding hydrogens is 346 g/mol. The van der Waals surface area contributed by atoms with Crippen LogP contribution in [0.4, 0.5) is 0 Å². The number of aromatic amines is 1. The molecule has 8 nitrogen and oxygen atoms in total. The highest BCUT2D eigenvalue weighted by Gasteiger charge is 2.43. The van der Waals surface area contributed by atoms with E-state index in [0.29, 0.717) is 41.1 Å². The number of nitrogens with one attached hydrogen (secondary N) is 1. The smallest absolute Gasteiger partial charge is 0.296 e. The van der Waals surface area contributed by atoms with E-state index in [1.807, 2.05) is 0 Å². The van der Waals surface area contributed by atoms with Gasteiger partial charge in [0, 0.05) is 24.6 Å². The highest BCUT2D eigenvalue weighted by atomic mass is 35.5. The van der Waals surface area contributed by atoms with Crippen molar-refractivity contribution in [3.05, 3.63) is 29.8 Å². The number of rotatable bonds is 3. The number of aromatic nitrogens is 5. The fourth-order valence-electron chi connectivity index (χ4n) is 3.25. The number of hydrogen-bond acceptors (Lipinski definition) is 7. The van der Waals surface area contributed by atoms with E-state index >= 15 is 0 Å². The van der Waals surface area contributed by atoms with Gasteiger partial charge in [-0.2, -0.15) is 4.98 Å². The van der Waals surface area contributed by atoms with Crippen molar-refractivity contribution in [3.63, 3.8) is 0 Å². The van der Waals surface area contributed by atoms with Crippen LogP contribution in [-0.2, 0) is 9.47 Å². The summed E-state index contributed by atoms with van der Waals surface area (Å²) in [5.74, 6) is 0. The molecule has 0 bridgehead atoms. The third kappa shape index (κ3) is 2.62. The molecule has 1 N–H and O–H groups in total. The van der Waals surface area contributed by atoms with E-state index in [-0.39, 0.29) is 18.3 Å². The van der Waals surface area contributed by atoms with Crippen LogP contribution in [0.15, 0.2) is 24.8 Å². The molecule has 9 heteroatoms. The molecule has 5 heterocycles. The molecule has 5 rings (SSSR count). The summed E-state index contributed by atoms with van der Waals surface area (Å²) in [5, 5.41) is 0.487. The minimum absolute atomic E-state index is 0.0400. The van der Waals surface area contributed by atoms with Crippen LogP contribution in [0.3, 0.4) is 0 Å². The number of fused-ring (bicyclic) bond motifs is 2. The van der Waals surface area contributed by atoms with Crippen LogP contribution in [0.25, 0.3) is 22.4 Å². The van der Waals surface area contributed by atoms with E-state index in [1.54, 1.807) is 18.5 Å². The lowest BCUT2D eigenvalue weighted by Crippen LogP contribution is -2.32. The Balaban J connectivity index is 1.46. The lowest BCUT2D eigenvalue weighted by atomic mass is 10.1. The van der Waals surface area contributed by atoms with Crippen LogP contribution in [0.2, 0.25) is 5.02 Å². The van der Waals surface area contributed by atoms with E-state index in [9.17, 15) is 0 Å². The maximum Gasteiger partial charge on any atom is 0.296 e. The van der Waals surface area contributed by atoms with Crippen molar-refractivity contribution >= 4 is 22.8 Å². The summed E-state index contributed by atoms with van der Waals surface area (Å²) >= 11 is 6.34. The quantitative estimate of drug-likeness (QED) is 0.764. The summed E-state index contributed by atoms with van der Waals surface area (Å²) in [4.78, 5) is 20.0. The fraction of sp³-hybridized carbons (Fsp3) is 0.375. The molecule has 0 spiro atoms. The molecule has 0 aliphatic carbocycles. The molecule has 0 amide bonds. The monoisotopic (exact) mass is 359 g/mol. The van der Waals surface area contributed by atoms with Crippen molar-refractivity contribution in [3.8, 4) is 17.3 Å². The third-order valence-electron chi connectivity index (χ3n) is 4.42. The SMILES string of the molecule is Clc1cc2[nH]c(OC3COC4CCOC43)nc2nc1-c1cncnc1. The lowest BCUT2D eigenvalue weighted by molar-refractivity contribution is 0.0273. The Morgan fingerprint density at radius 2 is 2.08 bits per heavy atom. The number of H-pyrrole nitrogens is 1. The van der Waals surface area contributed by atoms with Crippen molar-refractivity contribution < 1.29 is 14.2 Å². The van der Waals surface area contributed by atoms with E-state index < -0.39 is 0 Å².